The van der Waals surface area contributed by atoms with Crippen LogP contribution in [-0.2, 0) is 4.79 Å². The summed E-state index contributed by atoms with van der Waals surface area (Å²) in [6.45, 7) is 5.93. The van der Waals surface area contributed by atoms with Gasteiger partial charge in [0.25, 0.3) is 0 Å². The van der Waals surface area contributed by atoms with Crippen molar-refractivity contribution in [1.82, 2.24) is 5.32 Å². The van der Waals surface area contributed by atoms with Crippen molar-refractivity contribution in [3.05, 3.63) is 34.9 Å². The lowest BCUT2D eigenvalue weighted by molar-refractivity contribution is -0.124. The van der Waals surface area contributed by atoms with Crippen molar-refractivity contribution in [3.63, 3.8) is 0 Å². The van der Waals surface area contributed by atoms with E-state index in [-0.39, 0.29) is 30.3 Å². The molecule has 3 nitrogen and oxygen atoms in total. The molecular formula is C14H22Cl2N2O. The highest BCUT2D eigenvalue weighted by molar-refractivity contribution is 6.30. The summed E-state index contributed by atoms with van der Waals surface area (Å²) in [7, 11) is 0. The largest absolute Gasteiger partial charge is 0.348 e. The number of nitrogens with one attached hydrogen (secondary N) is 1. The van der Waals surface area contributed by atoms with Crippen LogP contribution in [0.5, 0.6) is 0 Å². The minimum atomic E-state index is -0.461. The predicted octanol–water partition coefficient (Wildman–Crippen LogP) is 3.31. The van der Waals surface area contributed by atoms with Crippen molar-refractivity contribution < 1.29 is 4.79 Å². The summed E-state index contributed by atoms with van der Waals surface area (Å²) in [5, 5.41) is 3.58. The molecule has 1 amide bonds. The summed E-state index contributed by atoms with van der Waals surface area (Å²) in [6, 6.07) is 6.91. The van der Waals surface area contributed by atoms with Crippen LogP contribution in [0.3, 0.4) is 0 Å². The molecule has 1 aromatic rings. The topological polar surface area (TPSA) is 55.1 Å². The number of carbonyl (C=O) groups is 1. The van der Waals surface area contributed by atoms with Crippen molar-refractivity contribution in [2.75, 3.05) is 0 Å². The van der Waals surface area contributed by atoms with Gasteiger partial charge in [0.15, 0.2) is 0 Å². The third-order valence-electron chi connectivity index (χ3n) is 3.27. The SMILES string of the molecule is CCC(C)C(N)C(=O)NC(C)c1cccc(Cl)c1.Cl. The lowest BCUT2D eigenvalue weighted by atomic mass is 9.98. The van der Waals surface area contributed by atoms with E-state index in [4.69, 9.17) is 17.3 Å². The first-order valence-corrected chi connectivity index (χ1v) is 6.65. The molecule has 0 spiro atoms. The van der Waals surface area contributed by atoms with Gasteiger partial charge in [0.05, 0.1) is 12.1 Å². The second kappa shape index (κ2) is 8.41. The molecule has 0 saturated heterocycles. The number of carbonyl (C=O) groups excluding carboxylic acids is 1. The first-order valence-electron chi connectivity index (χ1n) is 6.27. The Balaban J connectivity index is 0.00000324. The van der Waals surface area contributed by atoms with Gasteiger partial charge in [-0.15, -0.1) is 12.4 Å². The van der Waals surface area contributed by atoms with Crippen LogP contribution in [0.4, 0.5) is 0 Å². The Hall–Kier alpha value is -0.770. The number of hydrogen-bond donors (Lipinski definition) is 2. The fraction of sp³-hybridized carbons (Fsp3) is 0.500. The Morgan fingerprint density at radius 2 is 2.05 bits per heavy atom. The van der Waals surface area contributed by atoms with Crippen LogP contribution in [0.15, 0.2) is 24.3 Å². The van der Waals surface area contributed by atoms with Crippen molar-refractivity contribution in [2.24, 2.45) is 11.7 Å². The highest BCUT2D eigenvalue weighted by Gasteiger charge is 2.21. The summed E-state index contributed by atoms with van der Waals surface area (Å²) in [5.74, 6) is 0.0633. The second-order valence-corrected chi connectivity index (χ2v) is 5.13. The summed E-state index contributed by atoms with van der Waals surface area (Å²) in [4.78, 5) is 11.9. The zero-order valence-corrected chi connectivity index (χ0v) is 13.1. The van der Waals surface area contributed by atoms with Crippen molar-refractivity contribution >= 4 is 29.9 Å². The van der Waals surface area contributed by atoms with Gasteiger partial charge in [-0.05, 0) is 30.5 Å². The number of rotatable bonds is 5. The fourth-order valence-corrected chi connectivity index (χ4v) is 1.88. The summed E-state index contributed by atoms with van der Waals surface area (Å²) in [5.41, 5.74) is 6.87. The molecule has 108 valence electrons. The van der Waals surface area contributed by atoms with Crippen LogP contribution in [0.25, 0.3) is 0 Å². The third-order valence-corrected chi connectivity index (χ3v) is 3.50. The Morgan fingerprint density at radius 1 is 1.42 bits per heavy atom. The maximum absolute atomic E-state index is 11.9. The number of hydrogen-bond acceptors (Lipinski definition) is 2. The molecule has 3 N–H and O–H groups in total. The molecule has 3 unspecified atom stereocenters. The van der Waals surface area contributed by atoms with E-state index in [1.165, 1.54) is 0 Å². The van der Waals surface area contributed by atoms with Gasteiger partial charge in [-0.2, -0.15) is 0 Å². The number of benzene rings is 1. The fourth-order valence-electron chi connectivity index (χ4n) is 1.68. The molecule has 5 heteroatoms. The molecule has 0 aliphatic heterocycles. The molecule has 1 aromatic carbocycles. The summed E-state index contributed by atoms with van der Waals surface area (Å²) < 4.78 is 0. The highest BCUT2D eigenvalue weighted by Crippen LogP contribution is 2.17. The van der Waals surface area contributed by atoms with E-state index in [1.54, 1.807) is 0 Å². The summed E-state index contributed by atoms with van der Waals surface area (Å²) >= 11 is 5.92. The smallest absolute Gasteiger partial charge is 0.237 e. The van der Waals surface area contributed by atoms with Crippen molar-refractivity contribution in [2.45, 2.75) is 39.3 Å². The molecule has 0 aromatic heterocycles. The molecule has 0 saturated carbocycles. The number of amides is 1. The maximum Gasteiger partial charge on any atom is 0.237 e. The van der Waals surface area contributed by atoms with Crippen LogP contribution in [0.2, 0.25) is 5.02 Å². The Morgan fingerprint density at radius 3 is 2.58 bits per heavy atom. The van der Waals surface area contributed by atoms with E-state index >= 15 is 0 Å². The Labute approximate surface area is 126 Å². The quantitative estimate of drug-likeness (QED) is 0.877. The standard InChI is InChI=1S/C14H21ClN2O.ClH/c1-4-9(2)13(16)14(18)17-10(3)11-6-5-7-12(15)8-11;/h5-10,13H,4,16H2,1-3H3,(H,17,18);1H. The van der Waals surface area contributed by atoms with Gasteiger partial charge in [0, 0.05) is 5.02 Å². The van der Waals surface area contributed by atoms with E-state index in [1.807, 2.05) is 45.0 Å². The molecule has 0 bridgehead atoms. The lowest BCUT2D eigenvalue weighted by Gasteiger charge is -2.21. The van der Waals surface area contributed by atoms with E-state index in [2.05, 4.69) is 5.32 Å². The van der Waals surface area contributed by atoms with Crippen LogP contribution < -0.4 is 11.1 Å². The molecule has 1 rings (SSSR count). The molecule has 0 radical (unpaired) electrons. The minimum absolute atomic E-state index is 0. The predicted molar refractivity (Wildman–Crippen MR) is 82.7 cm³/mol. The zero-order valence-electron chi connectivity index (χ0n) is 11.5. The van der Waals surface area contributed by atoms with Crippen LogP contribution >= 0.6 is 24.0 Å². The van der Waals surface area contributed by atoms with Gasteiger partial charge in [-0.1, -0.05) is 44.0 Å². The van der Waals surface area contributed by atoms with Crippen LogP contribution in [-0.4, -0.2) is 11.9 Å². The van der Waals surface area contributed by atoms with Gasteiger partial charge in [0.2, 0.25) is 5.91 Å². The van der Waals surface area contributed by atoms with E-state index in [9.17, 15) is 4.79 Å². The second-order valence-electron chi connectivity index (χ2n) is 4.70. The maximum atomic E-state index is 11.9. The zero-order chi connectivity index (χ0) is 13.7. The number of nitrogens with two attached hydrogens (primary N) is 1. The summed E-state index contributed by atoms with van der Waals surface area (Å²) in [6.07, 6.45) is 0.889. The molecule has 0 aliphatic rings. The van der Waals surface area contributed by atoms with Gasteiger partial charge < -0.3 is 11.1 Å². The van der Waals surface area contributed by atoms with Gasteiger partial charge >= 0.3 is 0 Å². The Kier molecular flexibility index (Phi) is 8.07. The third kappa shape index (κ3) is 5.39. The highest BCUT2D eigenvalue weighted by atomic mass is 35.5. The lowest BCUT2D eigenvalue weighted by Crippen LogP contribution is -2.45. The molecule has 19 heavy (non-hydrogen) atoms. The van der Waals surface area contributed by atoms with E-state index < -0.39 is 6.04 Å². The van der Waals surface area contributed by atoms with Gasteiger partial charge in [-0.3, -0.25) is 4.79 Å². The normalized spacial score (nSPS) is 15.0. The van der Waals surface area contributed by atoms with Crippen molar-refractivity contribution in [1.29, 1.82) is 0 Å². The van der Waals surface area contributed by atoms with Crippen molar-refractivity contribution in [3.8, 4) is 0 Å². The Bertz CT molecular complexity index is 412. The molecule has 0 aliphatic carbocycles. The van der Waals surface area contributed by atoms with E-state index in [0.29, 0.717) is 5.02 Å². The monoisotopic (exact) mass is 304 g/mol. The van der Waals surface area contributed by atoms with Gasteiger partial charge in [-0.25, -0.2) is 0 Å². The first kappa shape index (κ1) is 18.2. The van der Waals surface area contributed by atoms with Crippen LogP contribution in [0, 0.1) is 5.92 Å². The molecular weight excluding hydrogens is 283 g/mol. The van der Waals surface area contributed by atoms with Gasteiger partial charge in [0.1, 0.15) is 0 Å². The van der Waals surface area contributed by atoms with E-state index in [0.717, 1.165) is 12.0 Å². The minimum Gasteiger partial charge on any atom is -0.348 e. The molecule has 0 fully saturated rings. The number of halogens is 2. The average Bonchev–Trinajstić information content (AvgIpc) is 2.36. The molecule has 3 atom stereocenters. The molecule has 0 heterocycles. The average molecular weight is 305 g/mol. The van der Waals surface area contributed by atoms with Crippen LogP contribution in [0.1, 0.15) is 38.8 Å². The first-order chi connectivity index (χ1) is 8.45.